The van der Waals surface area contributed by atoms with Crippen LogP contribution in [0, 0.1) is 0 Å². The molecule has 1 unspecified atom stereocenters. The molecule has 2 aromatic carbocycles. The number of fused-ring (bicyclic) bond motifs is 1. The van der Waals surface area contributed by atoms with Crippen LogP contribution in [0.15, 0.2) is 63.8 Å². The Kier molecular flexibility index (Phi) is 6.29. The average Bonchev–Trinajstić information content (AvgIpc) is 2.72. The molecule has 150 valence electrons. The molecule has 1 N–H and O–H groups in total. The molecule has 3 aromatic rings. The van der Waals surface area contributed by atoms with E-state index in [0.29, 0.717) is 17.0 Å². The van der Waals surface area contributed by atoms with Crippen LogP contribution in [-0.4, -0.2) is 24.6 Å². The lowest BCUT2D eigenvalue weighted by Gasteiger charge is -2.14. The number of aryl methyl sites for hydroxylation is 1. The monoisotopic (exact) mass is 395 g/mol. The summed E-state index contributed by atoms with van der Waals surface area (Å²) in [5.74, 6) is -0.782. The topological polar surface area (TPSA) is 94.8 Å². The minimum Gasteiger partial charge on any atom is -0.482 e. The van der Waals surface area contributed by atoms with Crippen molar-refractivity contribution in [1.29, 1.82) is 0 Å². The third-order valence-electron chi connectivity index (χ3n) is 4.26. The number of anilines is 1. The Hall–Kier alpha value is -3.61. The van der Waals surface area contributed by atoms with Crippen LogP contribution in [0.5, 0.6) is 5.75 Å². The smallest absolute Gasteiger partial charge is 0.344 e. The molecule has 0 aliphatic heterocycles. The first-order chi connectivity index (χ1) is 13.9. The molecule has 1 atom stereocenters. The maximum atomic E-state index is 12.2. The Balaban J connectivity index is 1.51. The van der Waals surface area contributed by atoms with Gasteiger partial charge in [0.05, 0.1) is 0 Å². The van der Waals surface area contributed by atoms with Crippen molar-refractivity contribution in [2.45, 2.75) is 26.4 Å². The molecular formula is C22H21NO6. The largest absolute Gasteiger partial charge is 0.482 e. The van der Waals surface area contributed by atoms with Crippen molar-refractivity contribution < 1.29 is 23.5 Å². The van der Waals surface area contributed by atoms with Gasteiger partial charge in [0.15, 0.2) is 12.7 Å². The van der Waals surface area contributed by atoms with Crippen molar-refractivity contribution in [2.75, 3.05) is 11.9 Å². The highest BCUT2D eigenvalue weighted by atomic mass is 16.6. The number of carbonyl (C=O) groups is 2. The lowest BCUT2D eigenvalue weighted by Crippen LogP contribution is -2.31. The second-order valence-corrected chi connectivity index (χ2v) is 6.41. The standard InChI is InChI=1S/C22H21NO6/c1-3-15-4-8-17(9-5-15)23-22(26)14(2)28-21(25)13-27-18-10-6-16-7-11-20(24)29-19(16)12-18/h4-12,14H,3,13H2,1-2H3,(H,23,26). The lowest BCUT2D eigenvalue weighted by atomic mass is 10.1. The maximum Gasteiger partial charge on any atom is 0.344 e. The first-order valence-electron chi connectivity index (χ1n) is 9.20. The molecule has 0 saturated carbocycles. The number of nitrogens with one attached hydrogen (secondary N) is 1. The van der Waals surface area contributed by atoms with Crippen LogP contribution in [0.1, 0.15) is 19.4 Å². The molecule has 3 rings (SSSR count). The fourth-order valence-electron chi connectivity index (χ4n) is 2.63. The SMILES string of the molecule is CCc1ccc(NC(=O)C(C)OC(=O)COc2ccc3ccc(=O)oc3c2)cc1. The average molecular weight is 395 g/mol. The van der Waals surface area contributed by atoms with Gasteiger partial charge in [0.25, 0.3) is 5.91 Å². The van der Waals surface area contributed by atoms with E-state index in [9.17, 15) is 14.4 Å². The van der Waals surface area contributed by atoms with Gasteiger partial charge in [-0.05, 0) is 49.2 Å². The highest BCUT2D eigenvalue weighted by Gasteiger charge is 2.18. The Labute approximate surface area is 167 Å². The Morgan fingerprint density at radius 2 is 1.79 bits per heavy atom. The summed E-state index contributed by atoms with van der Waals surface area (Å²) in [4.78, 5) is 35.5. The molecule has 7 heteroatoms. The first-order valence-corrected chi connectivity index (χ1v) is 9.20. The van der Waals surface area contributed by atoms with Gasteiger partial charge in [-0.2, -0.15) is 0 Å². The van der Waals surface area contributed by atoms with Crippen molar-refractivity contribution in [2.24, 2.45) is 0 Å². The molecular weight excluding hydrogens is 374 g/mol. The number of amides is 1. The summed E-state index contributed by atoms with van der Waals surface area (Å²) in [5, 5.41) is 3.43. The summed E-state index contributed by atoms with van der Waals surface area (Å²) in [6.45, 7) is 3.15. The van der Waals surface area contributed by atoms with Crippen LogP contribution in [0.3, 0.4) is 0 Å². The summed E-state index contributed by atoms with van der Waals surface area (Å²) in [5.41, 5.74) is 1.67. The number of hydrogen-bond donors (Lipinski definition) is 1. The summed E-state index contributed by atoms with van der Waals surface area (Å²) in [6, 6.07) is 15.3. The number of hydrogen-bond acceptors (Lipinski definition) is 6. The molecule has 0 bridgehead atoms. The van der Waals surface area contributed by atoms with E-state index in [4.69, 9.17) is 13.9 Å². The van der Waals surface area contributed by atoms with Gasteiger partial charge in [0.1, 0.15) is 11.3 Å². The molecule has 0 spiro atoms. The van der Waals surface area contributed by atoms with E-state index < -0.39 is 23.6 Å². The fourth-order valence-corrected chi connectivity index (χ4v) is 2.63. The van der Waals surface area contributed by atoms with Gasteiger partial charge in [-0.1, -0.05) is 19.1 Å². The highest BCUT2D eigenvalue weighted by molar-refractivity contribution is 5.95. The van der Waals surface area contributed by atoms with Crippen LogP contribution < -0.4 is 15.7 Å². The zero-order valence-electron chi connectivity index (χ0n) is 16.1. The quantitative estimate of drug-likeness (QED) is 0.487. The molecule has 0 aliphatic rings. The minimum absolute atomic E-state index is 0.344. The maximum absolute atomic E-state index is 12.2. The molecule has 29 heavy (non-hydrogen) atoms. The number of esters is 1. The van der Waals surface area contributed by atoms with E-state index in [1.807, 2.05) is 19.1 Å². The highest BCUT2D eigenvalue weighted by Crippen LogP contribution is 2.19. The first kappa shape index (κ1) is 20.1. The van der Waals surface area contributed by atoms with Crippen LogP contribution in [0.2, 0.25) is 0 Å². The Morgan fingerprint density at radius 1 is 1.07 bits per heavy atom. The number of ether oxygens (including phenoxy) is 2. The van der Waals surface area contributed by atoms with Crippen molar-refractivity contribution >= 4 is 28.5 Å². The third kappa shape index (κ3) is 5.44. The number of rotatable bonds is 7. The van der Waals surface area contributed by atoms with Gasteiger partial charge in [0, 0.05) is 23.2 Å². The summed E-state index contributed by atoms with van der Waals surface area (Å²) >= 11 is 0. The minimum atomic E-state index is -0.980. The normalized spacial score (nSPS) is 11.7. The Morgan fingerprint density at radius 3 is 2.52 bits per heavy atom. The van der Waals surface area contributed by atoms with Gasteiger partial charge in [0.2, 0.25) is 0 Å². The second kappa shape index (κ2) is 9.05. The zero-order valence-corrected chi connectivity index (χ0v) is 16.1. The summed E-state index contributed by atoms with van der Waals surface area (Å²) in [6.07, 6.45) is -0.0717. The Bertz CT molecular complexity index is 1070. The van der Waals surface area contributed by atoms with Crippen LogP contribution in [0.25, 0.3) is 11.0 Å². The van der Waals surface area contributed by atoms with Crippen molar-refractivity contribution in [3.8, 4) is 5.75 Å². The predicted octanol–water partition coefficient (Wildman–Crippen LogP) is 3.30. The van der Waals surface area contributed by atoms with E-state index in [1.54, 1.807) is 30.3 Å². The number of benzene rings is 2. The summed E-state index contributed by atoms with van der Waals surface area (Å²) in [7, 11) is 0. The molecule has 0 fully saturated rings. The van der Waals surface area contributed by atoms with Crippen LogP contribution >= 0.6 is 0 Å². The lowest BCUT2D eigenvalue weighted by molar-refractivity contribution is -0.155. The van der Waals surface area contributed by atoms with E-state index in [0.717, 1.165) is 17.4 Å². The molecule has 0 saturated heterocycles. The van der Waals surface area contributed by atoms with Gasteiger partial charge in [-0.25, -0.2) is 9.59 Å². The van der Waals surface area contributed by atoms with E-state index in [1.165, 1.54) is 19.1 Å². The molecule has 0 aliphatic carbocycles. The fraction of sp³-hybridized carbons (Fsp3) is 0.227. The molecule has 1 heterocycles. The van der Waals surface area contributed by atoms with Gasteiger partial charge >= 0.3 is 11.6 Å². The molecule has 1 amide bonds. The van der Waals surface area contributed by atoms with Crippen molar-refractivity contribution in [3.63, 3.8) is 0 Å². The van der Waals surface area contributed by atoms with Crippen LogP contribution in [0.4, 0.5) is 5.69 Å². The van der Waals surface area contributed by atoms with Gasteiger partial charge in [-0.3, -0.25) is 4.79 Å². The van der Waals surface area contributed by atoms with Gasteiger partial charge in [-0.15, -0.1) is 0 Å². The zero-order chi connectivity index (χ0) is 20.8. The molecule has 1 aromatic heterocycles. The van der Waals surface area contributed by atoms with E-state index in [2.05, 4.69) is 5.32 Å². The van der Waals surface area contributed by atoms with Crippen molar-refractivity contribution in [3.05, 3.63) is 70.6 Å². The molecule has 0 radical (unpaired) electrons. The van der Waals surface area contributed by atoms with E-state index >= 15 is 0 Å². The third-order valence-corrected chi connectivity index (χ3v) is 4.26. The molecule has 7 nitrogen and oxygen atoms in total. The van der Waals surface area contributed by atoms with Gasteiger partial charge < -0.3 is 19.2 Å². The number of carbonyl (C=O) groups excluding carboxylic acids is 2. The summed E-state index contributed by atoms with van der Waals surface area (Å²) < 4.78 is 15.6. The second-order valence-electron chi connectivity index (χ2n) is 6.41. The van der Waals surface area contributed by atoms with Crippen LogP contribution in [-0.2, 0) is 20.7 Å². The van der Waals surface area contributed by atoms with E-state index in [-0.39, 0.29) is 6.61 Å². The van der Waals surface area contributed by atoms with Crippen molar-refractivity contribution in [1.82, 2.24) is 0 Å². The predicted molar refractivity (Wildman–Crippen MR) is 108 cm³/mol.